The Hall–Kier alpha value is -2.27. The maximum atomic E-state index is 12.8. The normalized spacial score (nSPS) is 17.4. The van der Waals surface area contributed by atoms with Crippen molar-refractivity contribution in [2.45, 2.75) is 32.9 Å². The Morgan fingerprint density at radius 1 is 1.27 bits per heavy atom. The molecule has 0 N–H and O–H groups in total. The van der Waals surface area contributed by atoms with Gasteiger partial charge in [-0.1, -0.05) is 23.7 Å². The van der Waals surface area contributed by atoms with Crippen LogP contribution < -0.4 is 0 Å². The lowest BCUT2D eigenvalue weighted by molar-refractivity contribution is -0.143. The van der Waals surface area contributed by atoms with Gasteiger partial charge in [0.05, 0.1) is 12.5 Å². The topological polar surface area (TPSA) is 53.8 Å². The molecule has 138 valence electrons. The van der Waals surface area contributed by atoms with Crippen molar-refractivity contribution in [3.8, 4) is 0 Å². The van der Waals surface area contributed by atoms with Gasteiger partial charge < -0.3 is 14.2 Å². The van der Waals surface area contributed by atoms with Gasteiger partial charge in [0.1, 0.15) is 11.5 Å². The minimum Gasteiger partial charge on any atom is -0.464 e. The molecule has 26 heavy (non-hydrogen) atoms. The van der Waals surface area contributed by atoms with Gasteiger partial charge in [0.25, 0.3) is 0 Å². The van der Waals surface area contributed by atoms with E-state index in [1.54, 1.807) is 16.8 Å². The monoisotopic (exact) mass is 374 g/mol. The molecule has 2 aromatic rings. The van der Waals surface area contributed by atoms with E-state index in [0.29, 0.717) is 37.5 Å². The summed E-state index contributed by atoms with van der Waals surface area (Å²) >= 11 is 5.91. The minimum absolute atomic E-state index is 0.0488. The molecule has 1 unspecified atom stereocenters. The van der Waals surface area contributed by atoms with E-state index in [0.717, 1.165) is 17.1 Å². The molecule has 0 radical (unpaired) electrons. The lowest BCUT2D eigenvalue weighted by Crippen LogP contribution is -2.45. The number of furan rings is 1. The molecule has 1 aliphatic rings. The van der Waals surface area contributed by atoms with E-state index < -0.39 is 0 Å². The van der Waals surface area contributed by atoms with Crippen LogP contribution in [0, 0.1) is 12.8 Å². The molecule has 1 aromatic heterocycles. The molecule has 1 aliphatic heterocycles. The summed E-state index contributed by atoms with van der Waals surface area (Å²) in [6.07, 6.45) is 0.994. The minimum atomic E-state index is -0.180. The summed E-state index contributed by atoms with van der Waals surface area (Å²) in [4.78, 5) is 28.5. The highest BCUT2D eigenvalue weighted by Gasteiger charge is 2.32. The van der Waals surface area contributed by atoms with Crippen LogP contribution in [-0.4, -0.2) is 35.2 Å². The molecule has 1 fully saturated rings. The number of amides is 2. The first kappa shape index (κ1) is 18.5. The van der Waals surface area contributed by atoms with E-state index in [1.807, 2.05) is 43.3 Å². The molecule has 3 rings (SSSR count). The second-order valence-corrected chi connectivity index (χ2v) is 7.28. The fourth-order valence-electron chi connectivity index (χ4n) is 3.27. The van der Waals surface area contributed by atoms with Gasteiger partial charge in [-0.25, -0.2) is 0 Å². The summed E-state index contributed by atoms with van der Waals surface area (Å²) in [7, 11) is 1.78. The third-order valence-corrected chi connectivity index (χ3v) is 4.95. The quantitative estimate of drug-likeness (QED) is 0.802. The molecular weight excluding hydrogens is 352 g/mol. The first-order chi connectivity index (χ1) is 12.4. The van der Waals surface area contributed by atoms with Gasteiger partial charge >= 0.3 is 0 Å². The maximum Gasteiger partial charge on any atom is 0.227 e. The molecule has 0 bridgehead atoms. The Morgan fingerprint density at radius 2 is 2.00 bits per heavy atom. The predicted octanol–water partition coefficient (Wildman–Crippen LogP) is 3.64. The van der Waals surface area contributed by atoms with Crippen LogP contribution in [0.1, 0.15) is 29.9 Å². The SMILES string of the molecule is Cc1ccc(CN(C)C(=O)C2CCC(=O)N(Cc3ccc(Cl)cc3)C2)o1. The maximum absolute atomic E-state index is 12.8. The third kappa shape index (κ3) is 4.47. The second-order valence-electron chi connectivity index (χ2n) is 6.84. The van der Waals surface area contributed by atoms with Crippen molar-refractivity contribution in [2.24, 2.45) is 5.92 Å². The van der Waals surface area contributed by atoms with Crippen molar-refractivity contribution in [3.63, 3.8) is 0 Å². The molecule has 2 heterocycles. The van der Waals surface area contributed by atoms with Gasteiger partial charge in [0, 0.05) is 31.6 Å². The van der Waals surface area contributed by atoms with Crippen LogP contribution in [0.5, 0.6) is 0 Å². The van der Waals surface area contributed by atoms with Crippen molar-refractivity contribution >= 4 is 23.4 Å². The number of halogens is 1. The van der Waals surface area contributed by atoms with Crippen LogP contribution in [0.15, 0.2) is 40.8 Å². The lowest BCUT2D eigenvalue weighted by atomic mass is 9.95. The van der Waals surface area contributed by atoms with E-state index >= 15 is 0 Å². The molecular formula is C20H23ClN2O3. The summed E-state index contributed by atoms with van der Waals surface area (Å²) in [6, 6.07) is 11.2. The number of carbonyl (C=O) groups excluding carboxylic acids is 2. The van der Waals surface area contributed by atoms with Crippen LogP contribution in [0.3, 0.4) is 0 Å². The molecule has 1 atom stereocenters. The zero-order valence-electron chi connectivity index (χ0n) is 15.1. The first-order valence-electron chi connectivity index (χ1n) is 8.75. The molecule has 5 nitrogen and oxygen atoms in total. The van der Waals surface area contributed by atoms with E-state index in [2.05, 4.69) is 0 Å². The highest BCUT2D eigenvalue weighted by molar-refractivity contribution is 6.30. The van der Waals surface area contributed by atoms with E-state index in [1.165, 1.54) is 0 Å². The van der Waals surface area contributed by atoms with Crippen LogP contribution in [0.4, 0.5) is 0 Å². The van der Waals surface area contributed by atoms with Crippen LogP contribution >= 0.6 is 11.6 Å². The second kappa shape index (κ2) is 7.96. The Balaban J connectivity index is 1.61. The number of likely N-dealkylation sites (tertiary alicyclic amines) is 1. The highest BCUT2D eigenvalue weighted by atomic mass is 35.5. The van der Waals surface area contributed by atoms with E-state index in [4.69, 9.17) is 16.0 Å². The Labute approximate surface area is 158 Å². The summed E-state index contributed by atoms with van der Waals surface area (Å²) in [5.41, 5.74) is 1.01. The number of piperidine rings is 1. The van der Waals surface area contributed by atoms with Gasteiger partial charge in [-0.2, -0.15) is 0 Å². The third-order valence-electron chi connectivity index (χ3n) is 4.70. The van der Waals surface area contributed by atoms with E-state index in [9.17, 15) is 9.59 Å². The average Bonchev–Trinajstić information content (AvgIpc) is 3.03. The number of carbonyl (C=O) groups is 2. The number of benzene rings is 1. The van der Waals surface area contributed by atoms with Gasteiger partial charge in [0.15, 0.2) is 0 Å². The molecule has 6 heteroatoms. The molecule has 2 amide bonds. The largest absolute Gasteiger partial charge is 0.464 e. The Kier molecular flexibility index (Phi) is 5.67. The Morgan fingerprint density at radius 3 is 2.65 bits per heavy atom. The van der Waals surface area contributed by atoms with Gasteiger partial charge in [-0.15, -0.1) is 0 Å². The van der Waals surface area contributed by atoms with Gasteiger partial charge in [-0.05, 0) is 43.2 Å². The van der Waals surface area contributed by atoms with Crippen molar-refractivity contribution in [1.29, 1.82) is 0 Å². The summed E-state index contributed by atoms with van der Waals surface area (Å²) in [5, 5.41) is 0.668. The standard InChI is InChI=1S/C20H23ClN2O3/c1-14-3-9-18(26-14)13-22(2)20(25)16-6-10-19(24)23(12-16)11-15-4-7-17(21)8-5-15/h3-5,7-9,16H,6,10-13H2,1-2H3. The number of aryl methyl sites for hydroxylation is 1. The predicted molar refractivity (Wildman–Crippen MR) is 99.5 cm³/mol. The zero-order valence-corrected chi connectivity index (χ0v) is 15.8. The number of hydrogen-bond acceptors (Lipinski definition) is 3. The van der Waals surface area contributed by atoms with Gasteiger partial charge in [0.2, 0.25) is 11.8 Å². The molecule has 1 aromatic carbocycles. The summed E-state index contributed by atoms with van der Waals surface area (Å²) < 4.78 is 5.55. The first-order valence-corrected chi connectivity index (χ1v) is 9.12. The van der Waals surface area contributed by atoms with Crippen molar-refractivity contribution < 1.29 is 14.0 Å². The number of rotatable bonds is 5. The summed E-state index contributed by atoms with van der Waals surface area (Å²) in [5.74, 6) is 1.56. The summed E-state index contributed by atoms with van der Waals surface area (Å²) in [6.45, 7) is 3.27. The molecule has 0 saturated carbocycles. The van der Waals surface area contributed by atoms with Crippen molar-refractivity contribution in [1.82, 2.24) is 9.80 Å². The van der Waals surface area contributed by atoms with Gasteiger partial charge in [-0.3, -0.25) is 9.59 Å². The molecule has 0 aliphatic carbocycles. The lowest BCUT2D eigenvalue weighted by Gasteiger charge is -2.33. The smallest absolute Gasteiger partial charge is 0.227 e. The van der Waals surface area contributed by atoms with Crippen molar-refractivity contribution in [2.75, 3.05) is 13.6 Å². The van der Waals surface area contributed by atoms with Crippen LogP contribution in [0.25, 0.3) is 0 Å². The molecule has 1 saturated heterocycles. The zero-order chi connectivity index (χ0) is 18.7. The number of hydrogen-bond donors (Lipinski definition) is 0. The van der Waals surface area contributed by atoms with Crippen molar-refractivity contribution in [3.05, 3.63) is 58.5 Å². The van der Waals surface area contributed by atoms with E-state index in [-0.39, 0.29) is 17.7 Å². The van der Waals surface area contributed by atoms with Crippen LogP contribution in [0.2, 0.25) is 5.02 Å². The van der Waals surface area contributed by atoms with Crippen LogP contribution in [-0.2, 0) is 22.7 Å². The highest BCUT2D eigenvalue weighted by Crippen LogP contribution is 2.23. The fourth-order valence-corrected chi connectivity index (χ4v) is 3.40. The Bertz CT molecular complexity index is 785. The number of nitrogens with zero attached hydrogens (tertiary/aromatic N) is 2. The molecule has 0 spiro atoms. The fraction of sp³-hybridized carbons (Fsp3) is 0.400. The average molecular weight is 375 g/mol.